The van der Waals surface area contributed by atoms with Gasteiger partial charge in [-0.15, -0.1) is 0 Å². The third-order valence-corrected chi connectivity index (χ3v) is 2.68. The monoisotopic (exact) mass is 268 g/mol. The summed E-state index contributed by atoms with van der Waals surface area (Å²) in [4.78, 5) is 22.6. The van der Waals surface area contributed by atoms with Crippen LogP contribution in [0.3, 0.4) is 0 Å². The number of nitrogens with one attached hydrogen (secondary N) is 1. The highest BCUT2D eigenvalue weighted by molar-refractivity contribution is 5.70. The standard InChI is InChI=1S/C12H10F2N2O3/c1-6-8(5-11(17)18)12(19)16(15-6)7-2-3-9(13)10(14)4-7/h2-4,15H,5H2,1H3,(H,17,18). The summed E-state index contributed by atoms with van der Waals surface area (Å²) in [6, 6.07) is 2.97. The molecule has 0 fully saturated rings. The molecule has 0 aliphatic rings. The fourth-order valence-electron chi connectivity index (χ4n) is 1.75. The molecule has 2 N–H and O–H groups in total. The third kappa shape index (κ3) is 2.40. The molecule has 7 heteroatoms. The van der Waals surface area contributed by atoms with E-state index in [9.17, 15) is 18.4 Å². The van der Waals surface area contributed by atoms with E-state index >= 15 is 0 Å². The molecule has 0 aliphatic carbocycles. The van der Waals surface area contributed by atoms with Crippen LogP contribution < -0.4 is 5.56 Å². The first kappa shape index (κ1) is 13.0. The fourth-order valence-corrected chi connectivity index (χ4v) is 1.75. The molecule has 2 aromatic rings. The third-order valence-electron chi connectivity index (χ3n) is 2.68. The van der Waals surface area contributed by atoms with Crippen LogP contribution in [0.2, 0.25) is 0 Å². The van der Waals surface area contributed by atoms with Gasteiger partial charge in [0.1, 0.15) is 0 Å². The van der Waals surface area contributed by atoms with E-state index in [4.69, 9.17) is 5.11 Å². The Bertz CT molecular complexity index is 703. The first-order valence-electron chi connectivity index (χ1n) is 5.38. The van der Waals surface area contributed by atoms with Crippen molar-refractivity contribution in [2.75, 3.05) is 0 Å². The van der Waals surface area contributed by atoms with E-state index in [-0.39, 0.29) is 11.3 Å². The van der Waals surface area contributed by atoms with Crippen LogP contribution in [-0.4, -0.2) is 20.9 Å². The van der Waals surface area contributed by atoms with Gasteiger partial charge in [0, 0.05) is 11.8 Å². The van der Waals surface area contributed by atoms with Crippen molar-refractivity contribution in [3.63, 3.8) is 0 Å². The van der Waals surface area contributed by atoms with Crippen LogP contribution in [0.4, 0.5) is 8.78 Å². The SMILES string of the molecule is Cc1[nH]n(-c2ccc(F)c(F)c2)c(=O)c1CC(=O)O. The molecule has 0 amide bonds. The Balaban J connectivity index is 2.54. The molecule has 0 spiro atoms. The number of hydrogen-bond acceptors (Lipinski definition) is 2. The van der Waals surface area contributed by atoms with Gasteiger partial charge in [-0.1, -0.05) is 0 Å². The minimum Gasteiger partial charge on any atom is -0.481 e. The normalized spacial score (nSPS) is 10.7. The summed E-state index contributed by atoms with van der Waals surface area (Å²) in [5.74, 6) is -3.25. The summed E-state index contributed by atoms with van der Waals surface area (Å²) < 4.78 is 26.9. The minimum atomic E-state index is -1.14. The number of aliphatic carboxylic acids is 1. The Morgan fingerprint density at radius 3 is 2.63 bits per heavy atom. The van der Waals surface area contributed by atoms with E-state index in [0.717, 1.165) is 16.8 Å². The number of benzene rings is 1. The quantitative estimate of drug-likeness (QED) is 0.883. The van der Waals surface area contributed by atoms with E-state index < -0.39 is 29.6 Å². The molecule has 0 saturated heterocycles. The Morgan fingerprint density at radius 2 is 2.05 bits per heavy atom. The molecule has 0 unspecified atom stereocenters. The summed E-state index contributed by atoms with van der Waals surface area (Å²) in [6.45, 7) is 1.54. The van der Waals surface area contributed by atoms with Crippen molar-refractivity contribution in [1.82, 2.24) is 9.78 Å². The number of carboxylic acid groups (broad SMARTS) is 1. The molecule has 5 nitrogen and oxygen atoms in total. The molecule has 100 valence electrons. The van der Waals surface area contributed by atoms with Crippen molar-refractivity contribution >= 4 is 5.97 Å². The smallest absolute Gasteiger partial charge is 0.308 e. The van der Waals surface area contributed by atoms with Crippen LogP contribution in [0.1, 0.15) is 11.3 Å². The summed E-state index contributed by atoms with van der Waals surface area (Å²) in [5.41, 5.74) is -0.0380. The Morgan fingerprint density at radius 1 is 1.37 bits per heavy atom. The number of hydrogen-bond donors (Lipinski definition) is 2. The topological polar surface area (TPSA) is 75.1 Å². The van der Waals surface area contributed by atoms with Crippen LogP contribution in [0.15, 0.2) is 23.0 Å². The van der Waals surface area contributed by atoms with Gasteiger partial charge >= 0.3 is 5.97 Å². The van der Waals surface area contributed by atoms with E-state index in [1.165, 1.54) is 13.0 Å². The Hall–Kier alpha value is -2.44. The van der Waals surface area contributed by atoms with Gasteiger partial charge < -0.3 is 5.11 Å². The minimum absolute atomic E-state index is 0.0808. The van der Waals surface area contributed by atoms with Crippen molar-refractivity contribution in [3.05, 3.63) is 51.4 Å². The van der Waals surface area contributed by atoms with Crippen molar-refractivity contribution in [2.24, 2.45) is 0 Å². The van der Waals surface area contributed by atoms with Crippen molar-refractivity contribution in [1.29, 1.82) is 0 Å². The van der Waals surface area contributed by atoms with Gasteiger partial charge in [0.15, 0.2) is 11.6 Å². The van der Waals surface area contributed by atoms with Crippen LogP contribution in [-0.2, 0) is 11.2 Å². The van der Waals surface area contributed by atoms with Crippen molar-refractivity contribution < 1.29 is 18.7 Å². The van der Waals surface area contributed by atoms with Gasteiger partial charge in [-0.05, 0) is 19.1 Å². The lowest BCUT2D eigenvalue weighted by atomic mass is 10.2. The molecule has 2 rings (SSSR count). The second-order valence-corrected chi connectivity index (χ2v) is 4.02. The molecule has 1 aromatic carbocycles. The van der Waals surface area contributed by atoms with E-state index in [1.807, 2.05) is 0 Å². The molecule has 0 aliphatic heterocycles. The van der Waals surface area contributed by atoms with Crippen LogP contribution in [0.5, 0.6) is 0 Å². The molecule has 1 aromatic heterocycles. The molecular formula is C12H10F2N2O3. The predicted molar refractivity (Wildman–Crippen MR) is 62.4 cm³/mol. The fraction of sp³-hybridized carbons (Fsp3) is 0.167. The number of rotatable bonds is 3. The maximum Gasteiger partial charge on any atom is 0.308 e. The number of H-pyrrole nitrogens is 1. The average Bonchev–Trinajstić information content (AvgIpc) is 2.60. The largest absolute Gasteiger partial charge is 0.481 e. The zero-order valence-electron chi connectivity index (χ0n) is 9.91. The van der Waals surface area contributed by atoms with Crippen molar-refractivity contribution in [3.8, 4) is 5.69 Å². The highest BCUT2D eigenvalue weighted by Crippen LogP contribution is 2.12. The summed E-state index contributed by atoms with van der Waals surface area (Å²) in [6.07, 6.45) is -0.433. The maximum absolute atomic E-state index is 13.1. The first-order chi connectivity index (χ1) is 8.90. The maximum atomic E-state index is 13.1. The van der Waals surface area contributed by atoms with Crippen LogP contribution >= 0.6 is 0 Å². The number of aromatic amines is 1. The Kier molecular flexibility index (Phi) is 3.20. The summed E-state index contributed by atoms with van der Waals surface area (Å²) >= 11 is 0. The Labute approximate surface area is 106 Å². The number of aryl methyl sites for hydroxylation is 1. The lowest BCUT2D eigenvalue weighted by Crippen LogP contribution is -2.19. The van der Waals surface area contributed by atoms with Crippen molar-refractivity contribution in [2.45, 2.75) is 13.3 Å². The molecule has 0 saturated carbocycles. The molecular weight excluding hydrogens is 258 g/mol. The molecule has 0 bridgehead atoms. The summed E-state index contributed by atoms with van der Waals surface area (Å²) in [7, 11) is 0. The van der Waals surface area contributed by atoms with Gasteiger partial charge in [0.2, 0.25) is 0 Å². The van der Waals surface area contributed by atoms with E-state index in [1.54, 1.807) is 0 Å². The second kappa shape index (κ2) is 4.68. The molecule has 0 atom stereocenters. The van der Waals surface area contributed by atoms with Gasteiger partial charge in [0.25, 0.3) is 5.56 Å². The second-order valence-electron chi connectivity index (χ2n) is 4.02. The molecule has 0 radical (unpaired) electrons. The predicted octanol–water partition coefficient (Wildman–Crippen LogP) is 1.38. The number of carbonyl (C=O) groups is 1. The van der Waals surface area contributed by atoms with E-state index in [2.05, 4.69) is 5.10 Å². The van der Waals surface area contributed by atoms with Gasteiger partial charge in [-0.2, -0.15) is 0 Å². The molecule has 19 heavy (non-hydrogen) atoms. The lowest BCUT2D eigenvalue weighted by molar-refractivity contribution is -0.136. The van der Waals surface area contributed by atoms with Crippen LogP contribution in [0, 0.1) is 18.6 Å². The zero-order valence-corrected chi connectivity index (χ0v) is 9.91. The molecule has 1 heterocycles. The summed E-state index contributed by atoms with van der Waals surface area (Å²) in [5, 5.41) is 11.3. The van der Waals surface area contributed by atoms with Gasteiger partial charge in [-0.25, -0.2) is 13.5 Å². The highest BCUT2D eigenvalue weighted by atomic mass is 19.2. The highest BCUT2D eigenvalue weighted by Gasteiger charge is 2.16. The van der Waals surface area contributed by atoms with E-state index in [0.29, 0.717) is 5.69 Å². The van der Waals surface area contributed by atoms with Gasteiger partial charge in [-0.3, -0.25) is 14.7 Å². The lowest BCUT2D eigenvalue weighted by Gasteiger charge is -2.01. The van der Waals surface area contributed by atoms with Gasteiger partial charge in [0.05, 0.1) is 17.7 Å². The van der Waals surface area contributed by atoms with Crippen LogP contribution in [0.25, 0.3) is 5.69 Å². The first-order valence-corrected chi connectivity index (χ1v) is 5.38. The number of aromatic nitrogens is 2. The number of carboxylic acids is 1. The average molecular weight is 268 g/mol. The zero-order chi connectivity index (χ0) is 14.2. The number of halogens is 2. The number of nitrogens with zero attached hydrogens (tertiary/aromatic N) is 1.